The zero-order valence-electron chi connectivity index (χ0n) is 13.4. The molecule has 2 atom stereocenters. The first-order chi connectivity index (χ1) is 10.3. The number of rotatable bonds is 2. The number of hydrogen-bond acceptors (Lipinski definition) is 3. The first-order valence-corrected chi connectivity index (χ1v) is 7.62. The number of hydrogen-bond donors (Lipinski definition) is 1. The molecule has 5 heteroatoms. The van der Waals surface area contributed by atoms with Gasteiger partial charge in [0.05, 0.1) is 13.2 Å². The molecule has 1 aliphatic heterocycles. The molecule has 1 aliphatic rings. The molecule has 0 radical (unpaired) electrons. The van der Waals surface area contributed by atoms with Crippen molar-refractivity contribution in [2.75, 3.05) is 13.1 Å². The molecule has 4 nitrogen and oxygen atoms in total. The fourth-order valence-corrected chi connectivity index (χ4v) is 2.69. The Morgan fingerprint density at radius 2 is 2.18 bits per heavy atom. The molecule has 1 saturated heterocycles. The van der Waals surface area contributed by atoms with Crippen molar-refractivity contribution in [1.29, 1.82) is 0 Å². The van der Waals surface area contributed by atoms with Gasteiger partial charge >= 0.3 is 6.09 Å². The quantitative estimate of drug-likeness (QED) is 0.912. The molecule has 2 unspecified atom stereocenters. The van der Waals surface area contributed by atoms with Crippen LogP contribution in [0.1, 0.15) is 44.2 Å². The largest absolute Gasteiger partial charge is 0.444 e. The minimum atomic E-state index is -1.13. The summed E-state index contributed by atoms with van der Waals surface area (Å²) in [7, 11) is 0. The number of carbonyl (C=O) groups is 1. The summed E-state index contributed by atoms with van der Waals surface area (Å²) in [5, 5.41) is 9.19. The van der Waals surface area contributed by atoms with Crippen molar-refractivity contribution >= 4 is 6.09 Å². The second kappa shape index (κ2) is 6.65. The fourth-order valence-electron chi connectivity index (χ4n) is 2.69. The predicted molar refractivity (Wildman–Crippen MR) is 82.4 cm³/mol. The summed E-state index contributed by atoms with van der Waals surface area (Å²) in [6.45, 7) is 5.86. The first-order valence-electron chi connectivity index (χ1n) is 7.62. The summed E-state index contributed by atoms with van der Waals surface area (Å²) in [5.74, 6) is -0.245. The van der Waals surface area contributed by atoms with Crippen LogP contribution in [-0.4, -0.2) is 41.0 Å². The van der Waals surface area contributed by atoms with E-state index in [0.29, 0.717) is 13.0 Å². The summed E-state index contributed by atoms with van der Waals surface area (Å²) in [5.41, 5.74) is 1.08. The number of ether oxygens (including phenoxy) is 1. The molecular weight excluding hydrogens is 285 g/mol. The van der Waals surface area contributed by atoms with Gasteiger partial charge in [-0.25, -0.2) is 9.18 Å². The highest BCUT2D eigenvalue weighted by Crippen LogP contribution is 2.31. The number of piperidine rings is 1. The van der Waals surface area contributed by atoms with E-state index in [0.717, 1.165) is 11.1 Å². The van der Waals surface area contributed by atoms with Gasteiger partial charge in [0.1, 0.15) is 11.8 Å². The Morgan fingerprint density at radius 3 is 2.77 bits per heavy atom. The molecule has 0 spiro atoms. The van der Waals surface area contributed by atoms with Crippen LogP contribution >= 0.6 is 0 Å². The molecular formula is C17H24FNO3. The Bertz CT molecular complexity index is 527. The highest BCUT2D eigenvalue weighted by Gasteiger charge is 2.34. The molecule has 1 heterocycles. The van der Waals surface area contributed by atoms with Crippen molar-refractivity contribution in [3.63, 3.8) is 0 Å². The Morgan fingerprint density at radius 1 is 1.45 bits per heavy atom. The van der Waals surface area contributed by atoms with Crippen LogP contribution in [0.2, 0.25) is 0 Å². The standard InChI is InChI=1S/C17H24FNO3/c1-17(2,3)22-16(21)19-8-7-14(15(18)10-19)13-6-4-5-12(9-13)11-20/h4-6,9,14-15,20H,7-8,10-11H2,1-3H3. The van der Waals surface area contributed by atoms with Crippen LogP contribution in [0.15, 0.2) is 24.3 Å². The van der Waals surface area contributed by atoms with E-state index in [2.05, 4.69) is 0 Å². The lowest BCUT2D eigenvalue weighted by Gasteiger charge is -2.36. The van der Waals surface area contributed by atoms with Gasteiger partial charge in [0, 0.05) is 12.5 Å². The van der Waals surface area contributed by atoms with E-state index in [1.807, 2.05) is 24.3 Å². The van der Waals surface area contributed by atoms with Gasteiger partial charge in [-0.1, -0.05) is 24.3 Å². The van der Waals surface area contributed by atoms with E-state index in [4.69, 9.17) is 4.74 Å². The van der Waals surface area contributed by atoms with Crippen LogP contribution in [0.25, 0.3) is 0 Å². The number of carbonyl (C=O) groups excluding carboxylic acids is 1. The molecule has 122 valence electrons. The Kier molecular flexibility index (Phi) is 5.06. The number of likely N-dealkylation sites (tertiary alicyclic amines) is 1. The van der Waals surface area contributed by atoms with E-state index in [-0.39, 0.29) is 19.1 Å². The van der Waals surface area contributed by atoms with E-state index < -0.39 is 17.9 Å². The SMILES string of the molecule is CC(C)(C)OC(=O)N1CCC(c2cccc(CO)c2)C(F)C1. The van der Waals surface area contributed by atoms with Gasteiger partial charge in [0.2, 0.25) is 0 Å². The topological polar surface area (TPSA) is 49.8 Å². The lowest BCUT2D eigenvalue weighted by Crippen LogP contribution is -2.46. The summed E-state index contributed by atoms with van der Waals surface area (Å²) >= 11 is 0. The third-order valence-electron chi connectivity index (χ3n) is 3.75. The van der Waals surface area contributed by atoms with Crippen LogP contribution in [0.5, 0.6) is 0 Å². The lowest BCUT2D eigenvalue weighted by atomic mass is 9.87. The van der Waals surface area contributed by atoms with Crippen molar-refractivity contribution in [2.24, 2.45) is 0 Å². The van der Waals surface area contributed by atoms with Gasteiger partial charge in [0.15, 0.2) is 0 Å². The summed E-state index contributed by atoms with van der Waals surface area (Å²) < 4.78 is 19.8. The second-order valence-corrected chi connectivity index (χ2v) is 6.74. The van der Waals surface area contributed by atoms with Crippen molar-refractivity contribution in [3.8, 4) is 0 Å². The molecule has 22 heavy (non-hydrogen) atoms. The zero-order chi connectivity index (χ0) is 16.3. The maximum atomic E-state index is 14.5. The number of alkyl halides is 1. The van der Waals surface area contributed by atoms with Gasteiger partial charge in [-0.15, -0.1) is 0 Å². The average Bonchev–Trinajstić information content (AvgIpc) is 2.45. The van der Waals surface area contributed by atoms with Gasteiger partial charge in [-0.05, 0) is 38.3 Å². The summed E-state index contributed by atoms with van der Waals surface area (Å²) in [4.78, 5) is 13.4. The molecule has 0 aromatic heterocycles. The van der Waals surface area contributed by atoms with Gasteiger partial charge in [-0.3, -0.25) is 0 Å². The fraction of sp³-hybridized carbons (Fsp3) is 0.588. The number of aliphatic hydroxyl groups is 1. The van der Waals surface area contributed by atoms with E-state index in [1.165, 1.54) is 4.90 Å². The minimum absolute atomic E-state index is 0.0446. The Balaban J connectivity index is 2.02. The molecule has 1 aromatic rings. The normalized spacial score (nSPS) is 22.5. The van der Waals surface area contributed by atoms with E-state index >= 15 is 0 Å². The Labute approximate surface area is 130 Å². The average molecular weight is 309 g/mol. The monoisotopic (exact) mass is 309 g/mol. The number of benzene rings is 1. The van der Waals surface area contributed by atoms with E-state index in [9.17, 15) is 14.3 Å². The molecule has 1 amide bonds. The van der Waals surface area contributed by atoms with Gasteiger partial charge < -0.3 is 14.7 Å². The van der Waals surface area contributed by atoms with Crippen LogP contribution in [0, 0.1) is 0 Å². The van der Waals surface area contributed by atoms with Crippen molar-refractivity contribution in [2.45, 2.75) is 51.5 Å². The number of aliphatic hydroxyl groups excluding tert-OH is 1. The predicted octanol–water partition coefficient (Wildman–Crippen LogP) is 3.24. The van der Waals surface area contributed by atoms with E-state index in [1.54, 1.807) is 20.8 Å². The molecule has 1 aromatic carbocycles. The first kappa shape index (κ1) is 16.7. The van der Waals surface area contributed by atoms with Crippen molar-refractivity contribution < 1.29 is 19.0 Å². The highest BCUT2D eigenvalue weighted by molar-refractivity contribution is 5.68. The third kappa shape index (κ3) is 4.19. The Hall–Kier alpha value is -1.62. The maximum Gasteiger partial charge on any atom is 0.410 e. The van der Waals surface area contributed by atoms with Crippen LogP contribution in [0.3, 0.4) is 0 Å². The summed E-state index contributed by atoms with van der Waals surface area (Å²) in [6, 6.07) is 7.35. The summed E-state index contributed by atoms with van der Waals surface area (Å²) in [6.07, 6.45) is -1.04. The molecule has 0 bridgehead atoms. The molecule has 0 saturated carbocycles. The van der Waals surface area contributed by atoms with Crippen LogP contribution in [-0.2, 0) is 11.3 Å². The third-order valence-corrected chi connectivity index (χ3v) is 3.75. The molecule has 0 aliphatic carbocycles. The number of nitrogens with zero attached hydrogens (tertiary/aromatic N) is 1. The highest BCUT2D eigenvalue weighted by atomic mass is 19.1. The minimum Gasteiger partial charge on any atom is -0.444 e. The van der Waals surface area contributed by atoms with Crippen molar-refractivity contribution in [1.82, 2.24) is 4.90 Å². The van der Waals surface area contributed by atoms with Gasteiger partial charge in [-0.2, -0.15) is 0 Å². The van der Waals surface area contributed by atoms with Crippen LogP contribution in [0.4, 0.5) is 9.18 Å². The molecule has 2 rings (SSSR count). The molecule has 1 N–H and O–H groups in total. The number of halogens is 1. The lowest BCUT2D eigenvalue weighted by molar-refractivity contribution is 0.0111. The molecule has 1 fully saturated rings. The van der Waals surface area contributed by atoms with Crippen LogP contribution < -0.4 is 0 Å². The smallest absolute Gasteiger partial charge is 0.410 e. The number of amides is 1. The second-order valence-electron chi connectivity index (χ2n) is 6.74. The van der Waals surface area contributed by atoms with Gasteiger partial charge in [0.25, 0.3) is 0 Å². The maximum absolute atomic E-state index is 14.5. The van der Waals surface area contributed by atoms with Crippen molar-refractivity contribution in [3.05, 3.63) is 35.4 Å². The zero-order valence-corrected chi connectivity index (χ0v) is 13.4.